The molecule has 0 aromatic heterocycles. The van der Waals surface area contributed by atoms with Gasteiger partial charge in [-0.05, 0) is 36.5 Å². The highest BCUT2D eigenvalue weighted by Crippen LogP contribution is 2.30. The van der Waals surface area contributed by atoms with Crippen LogP contribution in [-0.2, 0) is 10.2 Å². The number of ether oxygens (including phenoxy) is 1. The summed E-state index contributed by atoms with van der Waals surface area (Å²) in [5.74, 6) is 0. The molecule has 0 amide bonds. The van der Waals surface area contributed by atoms with Crippen molar-refractivity contribution >= 4 is 5.69 Å². The second-order valence-corrected chi connectivity index (χ2v) is 6.37. The van der Waals surface area contributed by atoms with Gasteiger partial charge < -0.3 is 9.64 Å². The molecule has 1 aromatic rings. The number of hydrogen-bond donors (Lipinski definition) is 0. The molecular formula is C16H25NO. The summed E-state index contributed by atoms with van der Waals surface area (Å²) in [6.07, 6.45) is 0. The molecule has 0 spiro atoms. The predicted molar refractivity (Wildman–Crippen MR) is 77.5 cm³/mol. The Morgan fingerprint density at radius 2 is 2.00 bits per heavy atom. The van der Waals surface area contributed by atoms with Crippen LogP contribution in [0.25, 0.3) is 0 Å². The standard InChI is InChI=1S/C16H25NO/c1-12-6-7-14(16(3,4)5)10-15(12)17-8-9-18-11-13(17)2/h6-7,10,13H,8-9,11H2,1-5H3. The normalized spacial score (nSPS) is 21.2. The maximum absolute atomic E-state index is 5.53. The van der Waals surface area contributed by atoms with Gasteiger partial charge >= 0.3 is 0 Å². The minimum Gasteiger partial charge on any atom is -0.377 e. The monoisotopic (exact) mass is 247 g/mol. The van der Waals surface area contributed by atoms with Gasteiger partial charge in [0.25, 0.3) is 0 Å². The molecule has 1 heterocycles. The molecule has 1 fully saturated rings. The van der Waals surface area contributed by atoms with Crippen LogP contribution in [-0.4, -0.2) is 25.8 Å². The largest absolute Gasteiger partial charge is 0.377 e. The third-order valence-corrected chi connectivity index (χ3v) is 3.75. The van der Waals surface area contributed by atoms with Crippen LogP contribution < -0.4 is 4.90 Å². The van der Waals surface area contributed by atoms with E-state index in [1.54, 1.807) is 0 Å². The molecule has 1 aliphatic heterocycles. The zero-order chi connectivity index (χ0) is 13.3. The number of hydrogen-bond acceptors (Lipinski definition) is 2. The first kappa shape index (κ1) is 13.4. The van der Waals surface area contributed by atoms with Crippen LogP contribution in [0.4, 0.5) is 5.69 Å². The molecule has 1 atom stereocenters. The van der Waals surface area contributed by atoms with Gasteiger partial charge in [0.1, 0.15) is 0 Å². The molecule has 0 saturated carbocycles. The molecular weight excluding hydrogens is 222 g/mol. The van der Waals surface area contributed by atoms with Crippen LogP contribution >= 0.6 is 0 Å². The van der Waals surface area contributed by atoms with E-state index in [2.05, 4.69) is 57.7 Å². The Balaban J connectivity index is 2.37. The van der Waals surface area contributed by atoms with Crippen LogP contribution in [0.5, 0.6) is 0 Å². The van der Waals surface area contributed by atoms with Gasteiger partial charge in [0.2, 0.25) is 0 Å². The summed E-state index contributed by atoms with van der Waals surface area (Å²) >= 11 is 0. The van der Waals surface area contributed by atoms with E-state index in [1.807, 2.05) is 0 Å². The van der Waals surface area contributed by atoms with Crippen LogP contribution in [0.2, 0.25) is 0 Å². The van der Waals surface area contributed by atoms with E-state index in [9.17, 15) is 0 Å². The quantitative estimate of drug-likeness (QED) is 0.753. The third kappa shape index (κ3) is 2.69. The van der Waals surface area contributed by atoms with Crippen molar-refractivity contribution in [2.45, 2.75) is 46.1 Å². The van der Waals surface area contributed by atoms with Crippen molar-refractivity contribution < 1.29 is 4.74 Å². The average molecular weight is 247 g/mol. The summed E-state index contributed by atoms with van der Waals surface area (Å²) in [6, 6.07) is 7.33. The van der Waals surface area contributed by atoms with Gasteiger partial charge in [0, 0.05) is 18.3 Å². The van der Waals surface area contributed by atoms with Gasteiger partial charge in [0.05, 0.1) is 13.2 Å². The Kier molecular flexibility index (Phi) is 3.67. The zero-order valence-corrected chi connectivity index (χ0v) is 12.3. The summed E-state index contributed by atoms with van der Waals surface area (Å²) in [5, 5.41) is 0. The smallest absolute Gasteiger partial charge is 0.0668 e. The van der Waals surface area contributed by atoms with E-state index in [0.717, 1.165) is 19.8 Å². The Morgan fingerprint density at radius 3 is 2.61 bits per heavy atom. The Bertz CT molecular complexity index is 420. The van der Waals surface area contributed by atoms with Crippen molar-refractivity contribution in [1.29, 1.82) is 0 Å². The Morgan fingerprint density at radius 1 is 1.28 bits per heavy atom. The summed E-state index contributed by atoms with van der Waals surface area (Å²) in [6.45, 7) is 13.9. The van der Waals surface area contributed by atoms with Gasteiger partial charge in [-0.1, -0.05) is 32.9 Å². The van der Waals surface area contributed by atoms with E-state index in [4.69, 9.17) is 4.74 Å². The number of morpholine rings is 1. The lowest BCUT2D eigenvalue weighted by Crippen LogP contribution is -2.44. The maximum atomic E-state index is 5.53. The fourth-order valence-electron chi connectivity index (χ4n) is 2.47. The van der Waals surface area contributed by atoms with E-state index in [0.29, 0.717) is 6.04 Å². The minimum absolute atomic E-state index is 0.206. The lowest BCUT2D eigenvalue weighted by molar-refractivity contribution is 0.0989. The molecule has 1 saturated heterocycles. The highest BCUT2D eigenvalue weighted by molar-refractivity contribution is 5.57. The summed E-state index contributed by atoms with van der Waals surface area (Å²) in [4.78, 5) is 2.48. The molecule has 2 rings (SSSR count). The zero-order valence-electron chi connectivity index (χ0n) is 12.3. The number of anilines is 1. The first-order valence-corrected chi connectivity index (χ1v) is 6.85. The lowest BCUT2D eigenvalue weighted by atomic mass is 9.86. The Hall–Kier alpha value is -1.02. The average Bonchev–Trinajstić information content (AvgIpc) is 2.29. The van der Waals surface area contributed by atoms with Gasteiger partial charge in [-0.15, -0.1) is 0 Å². The van der Waals surface area contributed by atoms with Gasteiger partial charge in [-0.25, -0.2) is 0 Å². The second-order valence-electron chi connectivity index (χ2n) is 6.37. The highest BCUT2D eigenvalue weighted by Gasteiger charge is 2.22. The number of aryl methyl sites for hydroxylation is 1. The fourth-order valence-corrected chi connectivity index (χ4v) is 2.47. The maximum Gasteiger partial charge on any atom is 0.0668 e. The van der Waals surface area contributed by atoms with Crippen molar-refractivity contribution in [1.82, 2.24) is 0 Å². The second kappa shape index (κ2) is 4.93. The molecule has 0 radical (unpaired) electrons. The van der Waals surface area contributed by atoms with Crippen LogP contribution in [0.1, 0.15) is 38.8 Å². The molecule has 1 aliphatic rings. The van der Waals surface area contributed by atoms with Crippen molar-refractivity contribution in [2.24, 2.45) is 0 Å². The molecule has 0 aliphatic carbocycles. The van der Waals surface area contributed by atoms with Crippen molar-refractivity contribution in [3.8, 4) is 0 Å². The van der Waals surface area contributed by atoms with E-state index in [1.165, 1.54) is 16.8 Å². The van der Waals surface area contributed by atoms with Crippen LogP contribution in [0.15, 0.2) is 18.2 Å². The summed E-state index contributed by atoms with van der Waals surface area (Å²) in [7, 11) is 0. The molecule has 2 heteroatoms. The van der Waals surface area contributed by atoms with Crippen molar-refractivity contribution in [3.05, 3.63) is 29.3 Å². The van der Waals surface area contributed by atoms with Gasteiger partial charge in [-0.2, -0.15) is 0 Å². The fraction of sp³-hybridized carbons (Fsp3) is 0.625. The minimum atomic E-state index is 0.206. The lowest BCUT2D eigenvalue weighted by Gasteiger charge is -2.37. The van der Waals surface area contributed by atoms with E-state index >= 15 is 0 Å². The predicted octanol–water partition coefficient (Wildman–Crippen LogP) is 3.52. The molecule has 2 nitrogen and oxygen atoms in total. The van der Waals surface area contributed by atoms with Crippen molar-refractivity contribution in [3.63, 3.8) is 0 Å². The van der Waals surface area contributed by atoms with Crippen molar-refractivity contribution in [2.75, 3.05) is 24.7 Å². The molecule has 0 bridgehead atoms. The van der Waals surface area contributed by atoms with Gasteiger partial charge in [0.15, 0.2) is 0 Å². The third-order valence-electron chi connectivity index (χ3n) is 3.75. The highest BCUT2D eigenvalue weighted by atomic mass is 16.5. The molecule has 1 unspecified atom stereocenters. The van der Waals surface area contributed by atoms with Gasteiger partial charge in [-0.3, -0.25) is 0 Å². The SMILES string of the molecule is Cc1ccc(C(C)(C)C)cc1N1CCOCC1C. The van der Waals surface area contributed by atoms with Crippen LogP contribution in [0.3, 0.4) is 0 Å². The number of rotatable bonds is 1. The molecule has 1 aromatic carbocycles. The first-order valence-electron chi connectivity index (χ1n) is 6.85. The van der Waals surface area contributed by atoms with E-state index < -0.39 is 0 Å². The Labute approximate surface area is 111 Å². The molecule has 100 valence electrons. The summed E-state index contributed by atoms with van der Waals surface area (Å²) in [5.41, 5.74) is 4.34. The molecule has 0 N–H and O–H groups in total. The topological polar surface area (TPSA) is 12.5 Å². The number of benzene rings is 1. The number of nitrogens with zero attached hydrogens (tertiary/aromatic N) is 1. The van der Waals surface area contributed by atoms with E-state index in [-0.39, 0.29) is 5.41 Å². The molecule has 18 heavy (non-hydrogen) atoms. The van der Waals surface area contributed by atoms with Crippen LogP contribution in [0, 0.1) is 6.92 Å². The first-order chi connectivity index (χ1) is 8.39. The summed E-state index contributed by atoms with van der Waals surface area (Å²) < 4.78 is 5.53.